The van der Waals surface area contributed by atoms with Crippen LogP contribution in [0.4, 0.5) is 0 Å². The first-order valence-corrected chi connectivity index (χ1v) is 8.32. The van der Waals surface area contributed by atoms with Crippen LogP contribution in [0, 0.1) is 0 Å². The van der Waals surface area contributed by atoms with Gasteiger partial charge in [-0.2, -0.15) is 0 Å². The molecular formula is C20H24N2O2. The molecule has 3 rings (SSSR count). The molecule has 126 valence electrons. The zero-order valence-corrected chi connectivity index (χ0v) is 14.2. The molecule has 0 radical (unpaired) electrons. The lowest BCUT2D eigenvalue weighted by atomic mass is 9.91. The Hall–Kier alpha value is -2.46. The molecule has 0 fully saturated rings. The summed E-state index contributed by atoms with van der Waals surface area (Å²) in [5, 5.41) is 1.24. The van der Waals surface area contributed by atoms with Gasteiger partial charge in [-0.15, -0.1) is 0 Å². The summed E-state index contributed by atoms with van der Waals surface area (Å²) < 4.78 is 11.0. The normalized spacial score (nSPS) is 12.3. The van der Waals surface area contributed by atoms with Crippen molar-refractivity contribution in [1.29, 1.82) is 0 Å². The number of aromatic amines is 1. The van der Waals surface area contributed by atoms with Crippen molar-refractivity contribution < 1.29 is 9.47 Å². The van der Waals surface area contributed by atoms with Crippen LogP contribution >= 0.6 is 0 Å². The minimum absolute atomic E-state index is 0.254. The Kier molecular flexibility index (Phi) is 5.06. The van der Waals surface area contributed by atoms with Crippen LogP contribution in [0.2, 0.25) is 0 Å². The fraction of sp³-hybridized carbons (Fsp3) is 0.300. The Balaban J connectivity index is 1.89. The molecule has 1 unspecified atom stereocenters. The monoisotopic (exact) mass is 324 g/mol. The van der Waals surface area contributed by atoms with E-state index in [0.29, 0.717) is 13.2 Å². The molecular weight excluding hydrogens is 300 g/mol. The summed E-state index contributed by atoms with van der Waals surface area (Å²) >= 11 is 0. The Morgan fingerprint density at radius 3 is 2.71 bits per heavy atom. The minimum atomic E-state index is 0.254. The van der Waals surface area contributed by atoms with Gasteiger partial charge in [0.2, 0.25) is 0 Å². The van der Waals surface area contributed by atoms with Gasteiger partial charge in [0.1, 0.15) is 0 Å². The molecule has 1 heterocycles. The van der Waals surface area contributed by atoms with Crippen LogP contribution in [-0.4, -0.2) is 25.2 Å². The second-order valence-electron chi connectivity index (χ2n) is 5.84. The van der Waals surface area contributed by atoms with E-state index in [1.54, 1.807) is 7.11 Å². The van der Waals surface area contributed by atoms with Crippen LogP contribution in [0.25, 0.3) is 10.9 Å². The molecule has 2 aromatic carbocycles. The molecule has 0 bridgehead atoms. The van der Waals surface area contributed by atoms with Gasteiger partial charge in [0.25, 0.3) is 0 Å². The first-order chi connectivity index (χ1) is 11.8. The average molecular weight is 324 g/mol. The zero-order valence-electron chi connectivity index (χ0n) is 14.2. The van der Waals surface area contributed by atoms with Gasteiger partial charge in [-0.1, -0.05) is 24.3 Å². The van der Waals surface area contributed by atoms with Crippen LogP contribution in [0.15, 0.2) is 48.7 Å². The molecule has 1 atom stereocenters. The summed E-state index contributed by atoms with van der Waals surface area (Å²) in [7, 11) is 1.66. The van der Waals surface area contributed by atoms with Gasteiger partial charge in [0.05, 0.1) is 13.7 Å². The number of aromatic nitrogens is 1. The van der Waals surface area contributed by atoms with Gasteiger partial charge in [-0.3, -0.25) is 0 Å². The van der Waals surface area contributed by atoms with Gasteiger partial charge in [0, 0.05) is 23.0 Å². The van der Waals surface area contributed by atoms with Crippen molar-refractivity contribution in [1.82, 2.24) is 4.98 Å². The van der Waals surface area contributed by atoms with Crippen molar-refractivity contribution in [3.63, 3.8) is 0 Å². The Bertz CT molecular complexity index is 810. The maximum atomic E-state index is 6.09. The summed E-state index contributed by atoms with van der Waals surface area (Å²) in [6.07, 6.45) is 2.94. The van der Waals surface area contributed by atoms with Crippen LogP contribution in [0.3, 0.4) is 0 Å². The fourth-order valence-electron chi connectivity index (χ4n) is 3.15. The molecule has 4 heteroatoms. The lowest BCUT2D eigenvalue weighted by molar-refractivity contribution is 0.310. The maximum absolute atomic E-state index is 6.09. The van der Waals surface area contributed by atoms with Gasteiger partial charge in [-0.25, -0.2) is 0 Å². The largest absolute Gasteiger partial charge is 0.493 e. The number of H-pyrrole nitrogens is 1. The van der Waals surface area contributed by atoms with Crippen molar-refractivity contribution in [2.24, 2.45) is 5.73 Å². The first-order valence-electron chi connectivity index (χ1n) is 8.32. The van der Waals surface area contributed by atoms with E-state index in [-0.39, 0.29) is 5.92 Å². The summed E-state index contributed by atoms with van der Waals surface area (Å²) in [5.41, 5.74) is 9.69. The molecule has 4 nitrogen and oxygen atoms in total. The van der Waals surface area contributed by atoms with Crippen molar-refractivity contribution >= 4 is 10.9 Å². The predicted molar refractivity (Wildman–Crippen MR) is 98.0 cm³/mol. The van der Waals surface area contributed by atoms with Crippen LogP contribution in [0.5, 0.6) is 11.5 Å². The number of benzene rings is 2. The topological polar surface area (TPSA) is 60.3 Å². The molecule has 0 saturated heterocycles. The predicted octanol–water partition coefficient (Wildman–Crippen LogP) is 3.86. The van der Waals surface area contributed by atoms with E-state index < -0.39 is 0 Å². The summed E-state index contributed by atoms with van der Waals surface area (Å²) in [6.45, 7) is 3.18. The third-order valence-electron chi connectivity index (χ3n) is 4.36. The van der Waals surface area contributed by atoms with Crippen LogP contribution in [0.1, 0.15) is 24.0 Å². The van der Waals surface area contributed by atoms with E-state index in [9.17, 15) is 0 Å². The highest BCUT2D eigenvalue weighted by Crippen LogP contribution is 2.32. The highest BCUT2D eigenvalue weighted by molar-refractivity contribution is 5.83. The molecule has 3 N–H and O–H groups in total. The van der Waals surface area contributed by atoms with Crippen molar-refractivity contribution in [2.45, 2.75) is 19.3 Å². The summed E-state index contributed by atoms with van der Waals surface area (Å²) in [6, 6.07) is 14.4. The number of rotatable bonds is 7. The number of fused-ring (bicyclic) bond motifs is 1. The summed E-state index contributed by atoms with van der Waals surface area (Å²) in [5.74, 6) is 1.80. The Morgan fingerprint density at radius 2 is 1.96 bits per heavy atom. The van der Waals surface area contributed by atoms with E-state index in [1.165, 1.54) is 16.5 Å². The van der Waals surface area contributed by atoms with E-state index in [1.807, 2.05) is 19.1 Å². The Morgan fingerprint density at radius 1 is 1.12 bits per heavy atom. The van der Waals surface area contributed by atoms with Crippen molar-refractivity contribution in [3.8, 4) is 11.5 Å². The third kappa shape index (κ3) is 3.24. The number of hydrogen-bond acceptors (Lipinski definition) is 3. The number of nitrogens with two attached hydrogens (primary N) is 1. The fourth-order valence-corrected chi connectivity index (χ4v) is 3.15. The second kappa shape index (κ2) is 7.41. The smallest absolute Gasteiger partial charge is 0.161 e. The molecule has 24 heavy (non-hydrogen) atoms. The SMILES string of the molecule is CCOc1cc(CC(CN)c2c[nH]c3ccccc23)ccc1OC. The number of ether oxygens (including phenoxy) is 2. The molecule has 0 amide bonds. The van der Waals surface area contributed by atoms with Gasteiger partial charge >= 0.3 is 0 Å². The van der Waals surface area contributed by atoms with Crippen molar-refractivity contribution in [3.05, 3.63) is 59.8 Å². The highest BCUT2D eigenvalue weighted by atomic mass is 16.5. The molecule has 1 aromatic heterocycles. The van der Waals surface area contributed by atoms with E-state index in [2.05, 4.69) is 41.5 Å². The van der Waals surface area contributed by atoms with Gasteiger partial charge < -0.3 is 20.2 Å². The second-order valence-corrected chi connectivity index (χ2v) is 5.84. The number of para-hydroxylation sites is 1. The Labute approximate surface area is 142 Å². The third-order valence-corrected chi connectivity index (χ3v) is 4.36. The van der Waals surface area contributed by atoms with Crippen molar-refractivity contribution in [2.75, 3.05) is 20.3 Å². The minimum Gasteiger partial charge on any atom is -0.493 e. The van der Waals surface area contributed by atoms with E-state index >= 15 is 0 Å². The summed E-state index contributed by atoms with van der Waals surface area (Å²) in [4.78, 5) is 3.34. The van der Waals surface area contributed by atoms with Gasteiger partial charge in [-0.05, 0) is 49.2 Å². The lowest BCUT2D eigenvalue weighted by Crippen LogP contribution is -2.15. The quantitative estimate of drug-likeness (QED) is 0.694. The van der Waals surface area contributed by atoms with Crippen LogP contribution < -0.4 is 15.2 Å². The van der Waals surface area contributed by atoms with Gasteiger partial charge in [0.15, 0.2) is 11.5 Å². The van der Waals surface area contributed by atoms with Crippen LogP contribution in [-0.2, 0) is 6.42 Å². The molecule has 0 aliphatic heterocycles. The first kappa shape index (κ1) is 16.4. The molecule has 0 saturated carbocycles. The number of methoxy groups -OCH3 is 1. The molecule has 0 spiro atoms. The van der Waals surface area contributed by atoms with E-state index in [0.717, 1.165) is 23.4 Å². The molecule has 3 aromatic rings. The zero-order chi connectivity index (χ0) is 16.9. The molecule has 0 aliphatic rings. The number of hydrogen-bond donors (Lipinski definition) is 2. The maximum Gasteiger partial charge on any atom is 0.161 e. The highest BCUT2D eigenvalue weighted by Gasteiger charge is 2.16. The molecule has 0 aliphatic carbocycles. The lowest BCUT2D eigenvalue weighted by Gasteiger charge is -2.16. The van der Waals surface area contributed by atoms with E-state index in [4.69, 9.17) is 15.2 Å². The standard InChI is InChI=1S/C20H24N2O2/c1-3-24-20-11-14(8-9-19(20)23-2)10-15(12-21)17-13-22-18-7-5-4-6-16(17)18/h4-9,11,13,15,22H,3,10,12,21H2,1-2H3. The average Bonchev–Trinajstić information content (AvgIpc) is 3.04. The number of nitrogens with one attached hydrogen (secondary N) is 1.